The molecule has 15 heteroatoms. The Morgan fingerprint density at radius 3 is 2.60 bits per heavy atom. The number of ether oxygens (including phenoxy) is 1. The van der Waals surface area contributed by atoms with E-state index in [2.05, 4.69) is 20.9 Å². The molecule has 3 heterocycles. The van der Waals surface area contributed by atoms with Gasteiger partial charge in [0.1, 0.15) is 24.5 Å². The van der Waals surface area contributed by atoms with Gasteiger partial charge < -0.3 is 36.2 Å². The van der Waals surface area contributed by atoms with E-state index in [9.17, 15) is 23.6 Å². The number of thiazole rings is 1. The molecule has 1 aromatic rings. The highest BCUT2D eigenvalue weighted by molar-refractivity contribution is 7.13. The number of likely N-dealkylation sites (tertiary alicyclic amines) is 1. The molecule has 0 aliphatic carbocycles. The minimum Gasteiger partial charge on any atom is -0.378 e. The second-order valence-corrected chi connectivity index (χ2v) is 11.0. The average molecular weight is 583 g/mol. The van der Waals surface area contributed by atoms with E-state index in [0.717, 1.165) is 0 Å². The lowest BCUT2D eigenvalue weighted by Gasteiger charge is -2.31. The average Bonchev–Trinajstić information content (AvgIpc) is 3.63. The number of ketones is 1. The molecule has 3 amide bonds. The maximum absolute atomic E-state index is 13.6. The number of morpholine rings is 1. The first-order chi connectivity index (χ1) is 19.1. The molecule has 3 rings (SSSR count). The molecule has 13 nitrogen and oxygen atoms in total. The van der Waals surface area contributed by atoms with E-state index in [4.69, 9.17) is 15.9 Å². The van der Waals surface area contributed by atoms with E-state index in [1.54, 1.807) is 19.2 Å². The number of nitrogens with zero attached hydrogens (tertiary/aromatic N) is 3. The van der Waals surface area contributed by atoms with Crippen LogP contribution in [-0.4, -0.2) is 104 Å². The van der Waals surface area contributed by atoms with Gasteiger partial charge in [-0.3, -0.25) is 24.6 Å². The van der Waals surface area contributed by atoms with E-state index in [1.807, 2.05) is 4.90 Å². The van der Waals surface area contributed by atoms with Gasteiger partial charge in [-0.25, -0.2) is 9.37 Å². The quantitative estimate of drug-likeness (QED) is 0.122. The van der Waals surface area contributed by atoms with Crippen LogP contribution in [0.2, 0.25) is 0 Å². The Morgan fingerprint density at radius 2 is 1.95 bits per heavy atom. The van der Waals surface area contributed by atoms with E-state index >= 15 is 0 Å². The third-order valence-electron chi connectivity index (χ3n) is 6.89. The minimum atomic E-state index is -1.23. The number of hydrogen-bond acceptors (Lipinski definition) is 9. The van der Waals surface area contributed by atoms with Crippen LogP contribution in [-0.2, 0) is 19.1 Å². The molecule has 2 unspecified atom stereocenters. The van der Waals surface area contributed by atoms with Crippen LogP contribution in [0.4, 0.5) is 9.52 Å². The van der Waals surface area contributed by atoms with Crippen LogP contribution in [0.5, 0.6) is 0 Å². The molecule has 0 radical (unpaired) electrons. The molecule has 2 fully saturated rings. The van der Waals surface area contributed by atoms with Gasteiger partial charge in [-0.05, 0) is 31.6 Å². The number of halogens is 1. The first-order valence-corrected chi connectivity index (χ1v) is 14.4. The summed E-state index contributed by atoms with van der Waals surface area (Å²) in [6.07, 6.45) is 1.48. The number of carbonyl (C=O) groups excluding carboxylic acids is 4. The largest absolute Gasteiger partial charge is 0.378 e. The van der Waals surface area contributed by atoms with Gasteiger partial charge >= 0.3 is 0 Å². The normalized spacial score (nSPS) is 18.8. The standard InChI is InChI=1S/C25H39FN8O5S/c1-15(2)20(32-21(36)17-14-40-25(31-17)33-9-11-39-12-10-33)23(38)34-8-4-6-18(34)22(37)30-16(19(35)13-26)5-3-7-29-24(27)28/h14-16,18,20H,3-13H2,1-2H3,(H,30,37)(H,32,36)(H4,27,28,29)/t16?,18-,20?/m0/s1. The van der Waals surface area contributed by atoms with Gasteiger partial charge in [0.05, 0.1) is 19.3 Å². The summed E-state index contributed by atoms with van der Waals surface area (Å²) in [5.41, 5.74) is 5.46. The molecule has 40 heavy (non-hydrogen) atoms. The van der Waals surface area contributed by atoms with E-state index < -0.39 is 48.3 Å². The molecule has 222 valence electrons. The number of rotatable bonds is 13. The molecule has 6 N–H and O–H groups in total. The maximum Gasteiger partial charge on any atom is 0.271 e. The second-order valence-electron chi connectivity index (χ2n) is 10.1. The van der Waals surface area contributed by atoms with Crippen LogP contribution in [0, 0.1) is 11.3 Å². The van der Waals surface area contributed by atoms with Crippen LogP contribution in [0.1, 0.15) is 50.0 Å². The Balaban J connectivity index is 1.64. The number of nitrogens with one attached hydrogen (secondary N) is 4. The zero-order valence-corrected chi connectivity index (χ0v) is 23.7. The summed E-state index contributed by atoms with van der Waals surface area (Å²) in [5, 5.41) is 17.6. The van der Waals surface area contributed by atoms with Crippen LogP contribution in [0.15, 0.2) is 5.38 Å². The topological polar surface area (TPSA) is 183 Å². The lowest BCUT2D eigenvalue weighted by Crippen LogP contribution is -2.56. The van der Waals surface area contributed by atoms with Crippen molar-refractivity contribution in [2.45, 2.75) is 57.7 Å². The smallest absolute Gasteiger partial charge is 0.271 e. The molecule has 3 atom stereocenters. The number of anilines is 1. The zero-order valence-electron chi connectivity index (χ0n) is 22.9. The van der Waals surface area contributed by atoms with Gasteiger partial charge in [0.2, 0.25) is 11.8 Å². The fourth-order valence-electron chi connectivity index (χ4n) is 4.68. The van der Waals surface area contributed by atoms with Crippen molar-refractivity contribution in [2.75, 3.05) is 51.0 Å². The van der Waals surface area contributed by atoms with Crippen molar-refractivity contribution in [3.8, 4) is 0 Å². The molecule has 0 spiro atoms. The summed E-state index contributed by atoms with van der Waals surface area (Å²) in [7, 11) is 0. The minimum absolute atomic E-state index is 0.153. The third-order valence-corrected chi connectivity index (χ3v) is 7.79. The predicted octanol–water partition coefficient (Wildman–Crippen LogP) is 0.0118. The summed E-state index contributed by atoms with van der Waals surface area (Å²) in [6, 6.07) is -2.80. The number of amides is 3. The van der Waals surface area contributed by atoms with Crippen LogP contribution in [0.25, 0.3) is 0 Å². The number of nitrogens with two attached hydrogens (primary N) is 1. The van der Waals surface area contributed by atoms with Crippen molar-refractivity contribution in [1.82, 2.24) is 25.8 Å². The molecule has 2 aliphatic heterocycles. The fourth-order valence-corrected chi connectivity index (χ4v) is 5.54. The summed E-state index contributed by atoms with van der Waals surface area (Å²) >= 11 is 1.35. The highest BCUT2D eigenvalue weighted by Gasteiger charge is 2.39. The van der Waals surface area contributed by atoms with Crippen molar-refractivity contribution in [1.29, 1.82) is 5.41 Å². The van der Waals surface area contributed by atoms with E-state index in [-0.39, 0.29) is 30.5 Å². The summed E-state index contributed by atoms with van der Waals surface area (Å²) in [5.74, 6) is -2.68. The second kappa shape index (κ2) is 14.9. The molecular weight excluding hydrogens is 543 g/mol. The highest BCUT2D eigenvalue weighted by Crippen LogP contribution is 2.23. The van der Waals surface area contributed by atoms with Crippen LogP contribution >= 0.6 is 11.3 Å². The van der Waals surface area contributed by atoms with Gasteiger partial charge in [0, 0.05) is 31.6 Å². The van der Waals surface area contributed by atoms with Gasteiger partial charge in [-0.2, -0.15) is 0 Å². The Labute approximate surface area is 236 Å². The molecule has 1 aromatic heterocycles. The first-order valence-electron chi connectivity index (χ1n) is 13.5. The van der Waals surface area contributed by atoms with Crippen molar-refractivity contribution < 1.29 is 28.3 Å². The lowest BCUT2D eigenvalue weighted by molar-refractivity contribution is -0.141. The SMILES string of the molecule is CC(C)C(NC(=O)c1csc(N2CCOCC2)n1)C(=O)N1CCC[C@H]1C(=O)NC(CCCNC(=N)N)C(=O)CF. The van der Waals surface area contributed by atoms with Crippen LogP contribution in [0.3, 0.4) is 0 Å². The lowest BCUT2D eigenvalue weighted by atomic mass is 10.0. The Kier molecular flexibility index (Phi) is 11.6. The molecule has 2 aliphatic rings. The number of hydrogen-bond donors (Lipinski definition) is 5. The molecule has 0 aromatic carbocycles. The summed E-state index contributed by atoms with van der Waals surface area (Å²) in [6.45, 7) is 5.55. The number of carbonyl (C=O) groups is 4. The number of Topliss-reactive ketones (excluding diaryl/α,β-unsaturated/α-hetero) is 1. The van der Waals surface area contributed by atoms with Crippen molar-refractivity contribution in [3.63, 3.8) is 0 Å². The van der Waals surface area contributed by atoms with Crippen molar-refractivity contribution >= 4 is 45.9 Å². The van der Waals surface area contributed by atoms with Gasteiger partial charge in [-0.1, -0.05) is 13.8 Å². The zero-order chi connectivity index (χ0) is 29.2. The molecule has 0 saturated carbocycles. The molecule has 2 saturated heterocycles. The van der Waals surface area contributed by atoms with E-state index in [0.29, 0.717) is 57.2 Å². The van der Waals surface area contributed by atoms with Crippen molar-refractivity contribution in [3.05, 3.63) is 11.1 Å². The van der Waals surface area contributed by atoms with Gasteiger partial charge in [0.15, 0.2) is 16.9 Å². The third kappa shape index (κ3) is 8.34. The van der Waals surface area contributed by atoms with Gasteiger partial charge in [-0.15, -0.1) is 11.3 Å². The fraction of sp³-hybridized carbons (Fsp3) is 0.680. The maximum atomic E-state index is 13.6. The molecule has 0 bridgehead atoms. The highest BCUT2D eigenvalue weighted by atomic mass is 32.1. The predicted molar refractivity (Wildman–Crippen MR) is 148 cm³/mol. The number of guanidine groups is 1. The first kappa shape index (κ1) is 31.2. The van der Waals surface area contributed by atoms with Gasteiger partial charge in [0.25, 0.3) is 5.91 Å². The Bertz CT molecular complexity index is 1060. The summed E-state index contributed by atoms with van der Waals surface area (Å²) in [4.78, 5) is 59.9. The van der Waals surface area contributed by atoms with Crippen LogP contribution < -0.4 is 26.6 Å². The Hall–Kier alpha value is -3.33. The van der Waals surface area contributed by atoms with Crippen molar-refractivity contribution in [2.24, 2.45) is 11.7 Å². The monoisotopic (exact) mass is 582 g/mol. The van der Waals surface area contributed by atoms with E-state index in [1.165, 1.54) is 16.2 Å². The molecular formula is C25H39FN8O5S. The Morgan fingerprint density at radius 1 is 1.23 bits per heavy atom. The number of aromatic nitrogens is 1. The summed E-state index contributed by atoms with van der Waals surface area (Å²) < 4.78 is 18.5. The number of alkyl halides is 1.